The van der Waals surface area contributed by atoms with Gasteiger partial charge in [0.05, 0.1) is 6.20 Å². The lowest BCUT2D eigenvalue weighted by molar-refractivity contribution is -0.143. The Morgan fingerprint density at radius 2 is 2.12 bits per heavy atom. The molecule has 0 saturated heterocycles. The molecule has 0 fully saturated rings. The summed E-state index contributed by atoms with van der Waals surface area (Å²) in [6, 6.07) is 0. The Morgan fingerprint density at radius 3 is 2.56 bits per heavy atom. The molecule has 0 radical (unpaired) electrons. The van der Waals surface area contributed by atoms with Crippen LogP contribution in [0.4, 0.5) is 0 Å². The van der Waals surface area contributed by atoms with Crippen molar-refractivity contribution in [1.82, 2.24) is 15.3 Å². The molecule has 1 rings (SSSR count). The van der Waals surface area contributed by atoms with Gasteiger partial charge in [-0.1, -0.05) is 0 Å². The summed E-state index contributed by atoms with van der Waals surface area (Å²) in [5.41, 5.74) is -1.88. The van der Waals surface area contributed by atoms with Crippen molar-refractivity contribution >= 4 is 11.9 Å². The van der Waals surface area contributed by atoms with Gasteiger partial charge in [-0.15, -0.1) is 0 Å². The number of nitrogens with zero attached hydrogens (tertiary/aromatic N) is 1. The zero-order chi connectivity index (χ0) is 12.3. The van der Waals surface area contributed by atoms with E-state index in [0.29, 0.717) is 0 Å². The standard InChI is InChI=1S/C9H11N3O4/c1-9(2,8(15)16)12-7(14)5-3-11-6(13)4-10-5/h3-4H,1-2H3,(H,11,13)(H,12,14)(H,15,16). The molecule has 0 aliphatic rings. The Bertz CT molecular complexity index is 457. The largest absolute Gasteiger partial charge is 0.480 e. The second-order valence-electron chi connectivity index (χ2n) is 3.68. The molecule has 0 aliphatic carbocycles. The van der Waals surface area contributed by atoms with Gasteiger partial charge < -0.3 is 15.4 Å². The number of aromatic amines is 1. The van der Waals surface area contributed by atoms with Crippen LogP contribution >= 0.6 is 0 Å². The number of amides is 1. The van der Waals surface area contributed by atoms with Gasteiger partial charge in [0, 0.05) is 6.20 Å². The molecule has 1 aromatic heterocycles. The normalized spacial score (nSPS) is 10.9. The number of nitrogens with one attached hydrogen (secondary N) is 2. The zero-order valence-electron chi connectivity index (χ0n) is 8.77. The van der Waals surface area contributed by atoms with E-state index < -0.39 is 23.0 Å². The predicted octanol–water partition coefficient (Wildman–Crippen LogP) is -0.637. The molecule has 0 atom stereocenters. The highest BCUT2D eigenvalue weighted by atomic mass is 16.4. The van der Waals surface area contributed by atoms with Crippen LogP contribution in [0.25, 0.3) is 0 Å². The van der Waals surface area contributed by atoms with Crippen molar-refractivity contribution in [2.24, 2.45) is 0 Å². The lowest BCUT2D eigenvalue weighted by Crippen LogP contribution is -2.49. The number of H-pyrrole nitrogens is 1. The lowest BCUT2D eigenvalue weighted by Gasteiger charge is -2.20. The van der Waals surface area contributed by atoms with Crippen molar-refractivity contribution in [3.63, 3.8) is 0 Å². The van der Waals surface area contributed by atoms with E-state index >= 15 is 0 Å². The van der Waals surface area contributed by atoms with Crippen molar-refractivity contribution in [2.75, 3.05) is 0 Å². The average Bonchev–Trinajstić information content (AvgIpc) is 2.17. The Morgan fingerprint density at radius 1 is 1.50 bits per heavy atom. The molecule has 3 N–H and O–H groups in total. The number of carbonyl (C=O) groups excluding carboxylic acids is 1. The average molecular weight is 225 g/mol. The molecule has 0 saturated carbocycles. The topological polar surface area (TPSA) is 112 Å². The van der Waals surface area contributed by atoms with Crippen molar-refractivity contribution in [3.8, 4) is 0 Å². The second kappa shape index (κ2) is 4.13. The fraction of sp³-hybridized carbons (Fsp3) is 0.333. The van der Waals surface area contributed by atoms with E-state index in [1.54, 1.807) is 0 Å². The first-order valence-electron chi connectivity index (χ1n) is 4.43. The highest BCUT2D eigenvalue weighted by Gasteiger charge is 2.29. The Labute approximate surface area is 90.5 Å². The number of aliphatic carboxylic acids is 1. The van der Waals surface area contributed by atoms with Gasteiger partial charge in [0.1, 0.15) is 11.2 Å². The minimum atomic E-state index is -1.39. The van der Waals surface area contributed by atoms with E-state index in [9.17, 15) is 14.4 Å². The van der Waals surface area contributed by atoms with Crippen LogP contribution in [0.3, 0.4) is 0 Å². The van der Waals surface area contributed by atoms with Gasteiger partial charge in [-0.2, -0.15) is 0 Å². The van der Waals surface area contributed by atoms with Crippen LogP contribution in [0.5, 0.6) is 0 Å². The Kier molecular flexibility index (Phi) is 3.07. The van der Waals surface area contributed by atoms with Crippen LogP contribution in [-0.4, -0.2) is 32.5 Å². The van der Waals surface area contributed by atoms with Gasteiger partial charge in [-0.3, -0.25) is 9.59 Å². The Balaban J connectivity index is 2.84. The number of aromatic nitrogens is 2. The van der Waals surface area contributed by atoms with Crippen LogP contribution in [-0.2, 0) is 4.79 Å². The maximum atomic E-state index is 11.5. The molecule has 0 unspecified atom stereocenters. The first-order chi connectivity index (χ1) is 7.33. The molecule has 86 valence electrons. The van der Waals surface area contributed by atoms with Gasteiger partial charge in [0.25, 0.3) is 11.5 Å². The number of carbonyl (C=O) groups is 2. The summed E-state index contributed by atoms with van der Waals surface area (Å²) < 4.78 is 0. The lowest BCUT2D eigenvalue weighted by atomic mass is 10.1. The smallest absolute Gasteiger partial charge is 0.328 e. The van der Waals surface area contributed by atoms with Crippen molar-refractivity contribution in [1.29, 1.82) is 0 Å². The third kappa shape index (κ3) is 2.66. The number of carboxylic acid groups (broad SMARTS) is 1. The molecular weight excluding hydrogens is 214 g/mol. The summed E-state index contributed by atoms with van der Waals surface area (Å²) >= 11 is 0. The van der Waals surface area contributed by atoms with E-state index in [1.807, 2.05) is 0 Å². The number of hydrogen-bond donors (Lipinski definition) is 3. The molecule has 1 amide bonds. The number of carboxylic acids is 1. The van der Waals surface area contributed by atoms with Gasteiger partial charge in [0.2, 0.25) is 0 Å². The number of hydrogen-bond acceptors (Lipinski definition) is 4. The van der Waals surface area contributed by atoms with Crippen LogP contribution in [0.15, 0.2) is 17.2 Å². The fourth-order valence-electron chi connectivity index (χ4n) is 0.868. The zero-order valence-corrected chi connectivity index (χ0v) is 8.77. The number of rotatable bonds is 3. The minimum absolute atomic E-state index is 0.0473. The Hall–Kier alpha value is -2.18. The quantitative estimate of drug-likeness (QED) is 0.633. The van der Waals surface area contributed by atoms with Gasteiger partial charge >= 0.3 is 5.97 Å². The molecule has 7 nitrogen and oxygen atoms in total. The highest BCUT2D eigenvalue weighted by molar-refractivity contribution is 5.95. The molecule has 0 aliphatic heterocycles. The molecular formula is C9H11N3O4. The van der Waals surface area contributed by atoms with Crippen LogP contribution < -0.4 is 10.9 Å². The SMILES string of the molecule is CC(C)(NC(=O)c1c[nH]c(=O)cn1)C(=O)O. The molecule has 16 heavy (non-hydrogen) atoms. The summed E-state index contributed by atoms with van der Waals surface area (Å²) in [5, 5.41) is 11.1. The summed E-state index contributed by atoms with van der Waals surface area (Å²) in [4.78, 5) is 38.8. The van der Waals surface area contributed by atoms with Crippen LogP contribution in [0.1, 0.15) is 24.3 Å². The van der Waals surface area contributed by atoms with Gasteiger partial charge in [0.15, 0.2) is 0 Å². The molecule has 1 aromatic rings. The predicted molar refractivity (Wildman–Crippen MR) is 54.0 cm³/mol. The summed E-state index contributed by atoms with van der Waals surface area (Å²) in [5.74, 6) is -1.83. The summed E-state index contributed by atoms with van der Waals surface area (Å²) in [7, 11) is 0. The van der Waals surface area contributed by atoms with Gasteiger partial charge in [-0.25, -0.2) is 9.78 Å². The van der Waals surface area contributed by atoms with Crippen LogP contribution in [0, 0.1) is 0 Å². The highest BCUT2D eigenvalue weighted by Crippen LogP contribution is 2.03. The molecule has 1 heterocycles. The van der Waals surface area contributed by atoms with Crippen molar-refractivity contribution in [3.05, 3.63) is 28.4 Å². The molecule has 0 spiro atoms. The first-order valence-corrected chi connectivity index (χ1v) is 4.43. The van der Waals surface area contributed by atoms with E-state index in [4.69, 9.17) is 5.11 Å². The summed E-state index contributed by atoms with van der Waals surface area (Å²) in [6.07, 6.45) is 2.07. The second-order valence-corrected chi connectivity index (χ2v) is 3.68. The fourth-order valence-corrected chi connectivity index (χ4v) is 0.868. The van der Waals surface area contributed by atoms with Gasteiger partial charge in [-0.05, 0) is 13.8 Å². The third-order valence-corrected chi connectivity index (χ3v) is 1.87. The maximum absolute atomic E-state index is 11.5. The van der Waals surface area contributed by atoms with Crippen LogP contribution in [0.2, 0.25) is 0 Å². The van der Waals surface area contributed by atoms with E-state index in [1.165, 1.54) is 13.8 Å². The van der Waals surface area contributed by atoms with Crippen molar-refractivity contribution < 1.29 is 14.7 Å². The third-order valence-electron chi connectivity index (χ3n) is 1.87. The first kappa shape index (κ1) is 11.9. The maximum Gasteiger partial charge on any atom is 0.328 e. The molecule has 0 bridgehead atoms. The summed E-state index contributed by atoms with van der Waals surface area (Å²) in [6.45, 7) is 2.69. The minimum Gasteiger partial charge on any atom is -0.480 e. The van der Waals surface area contributed by atoms with E-state index in [2.05, 4.69) is 15.3 Å². The van der Waals surface area contributed by atoms with E-state index in [0.717, 1.165) is 12.4 Å². The van der Waals surface area contributed by atoms with E-state index in [-0.39, 0.29) is 5.69 Å². The molecule has 7 heteroatoms. The van der Waals surface area contributed by atoms with Crippen molar-refractivity contribution in [2.45, 2.75) is 19.4 Å². The molecule has 0 aromatic carbocycles. The monoisotopic (exact) mass is 225 g/mol.